The van der Waals surface area contributed by atoms with Crippen molar-refractivity contribution in [1.29, 1.82) is 0 Å². The van der Waals surface area contributed by atoms with Crippen molar-refractivity contribution in [2.75, 3.05) is 45.9 Å². The second kappa shape index (κ2) is 11.3. The quantitative estimate of drug-likeness (QED) is 0.267. The predicted molar refractivity (Wildman–Crippen MR) is 162 cm³/mol. The number of benzene rings is 3. The average Bonchev–Trinajstić information content (AvgIpc) is 2.99. The number of carbonyl (C=O) groups is 1. The van der Waals surface area contributed by atoms with E-state index in [4.69, 9.17) is 39.5 Å². The Bertz CT molecular complexity index is 1360. The average molecular weight is 599 g/mol. The van der Waals surface area contributed by atoms with Crippen LogP contribution in [-0.4, -0.2) is 61.2 Å². The summed E-state index contributed by atoms with van der Waals surface area (Å²) in [7, 11) is 0. The van der Waals surface area contributed by atoms with Crippen LogP contribution in [0.3, 0.4) is 0 Å². The highest BCUT2D eigenvalue weighted by Crippen LogP contribution is 2.47. The van der Waals surface area contributed by atoms with Crippen molar-refractivity contribution in [3.05, 3.63) is 105 Å². The number of hydrogen-bond acceptors (Lipinski definition) is 2. The van der Waals surface area contributed by atoms with E-state index in [1.807, 2.05) is 47.4 Å². The zero-order valence-corrected chi connectivity index (χ0v) is 25.0. The first-order chi connectivity index (χ1) is 19.3. The van der Waals surface area contributed by atoms with E-state index < -0.39 is 5.60 Å². The number of ether oxygens (including phenoxy) is 1. The maximum Gasteiger partial charge on any atom is 0.227 e. The molecule has 0 saturated carbocycles. The number of fused-ring (bicyclic) bond motifs is 3. The highest BCUT2D eigenvalue weighted by atomic mass is 35.5. The highest BCUT2D eigenvalue weighted by molar-refractivity contribution is 6.42. The number of quaternary nitrogens is 1. The number of morpholine rings is 1. The number of carbonyl (C=O) groups excluding carboxylic acids is 1. The molecule has 0 aromatic heterocycles. The highest BCUT2D eigenvalue weighted by Gasteiger charge is 2.51. The van der Waals surface area contributed by atoms with Crippen molar-refractivity contribution < 1.29 is 14.0 Å². The van der Waals surface area contributed by atoms with Crippen LogP contribution in [-0.2, 0) is 27.0 Å². The van der Waals surface area contributed by atoms with Crippen LogP contribution in [0.2, 0.25) is 15.1 Å². The van der Waals surface area contributed by atoms with Crippen LogP contribution in [0, 0.1) is 0 Å². The minimum absolute atomic E-state index is 0.0885. The SMILES string of the molecule is O=C(Cc1cccc(Cl)c1)N1CCOC(CC[N+]23CCC(c4ccccc4)(CC2)CC3)(c2ccc(Cl)c(Cl)c2)C1. The Kier molecular flexibility index (Phi) is 7.93. The summed E-state index contributed by atoms with van der Waals surface area (Å²) in [5, 5.41) is 1.68. The summed E-state index contributed by atoms with van der Waals surface area (Å²) in [6, 6.07) is 24.4. The first-order valence-electron chi connectivity index (χ1n) is 14.3. The lowest BCUT2D eigenvalue weighted by Gasteiger charge is -2.56. The van der Waals surface area contributed by atoms with E-state index in [1.54, 1.807) is 0 Å². The maximum absolute atomic E-state index is 13.5. The lowest BCUT2D eigenvalue weighted by Crippen LogP contribution is -2.64. The zero-order valence-electron chi connectivity index (χ0n) is 22.8. The van der Waals surface area contributed by atoms with E-state index in [0.29, 0.717) is 46.6 Å². The van der Waals surface area contributed by atoms with Gasteiger partial charge in [0, 0.05) is 42.7 Å². The standard InChI is InChI=1S/C33H36Cl3N2O2/c34-28-8-4-5-25(21-28)22-31(39)37-15-20-40-33(24-37,27-9-10-29(35)30(36)23-27)14-19-38-16-11-32(12-17-38,13-18-38)26-6-2-1-3-7-26/h1-10,21,23H,11-20,22,24H2/q+1. The zero-order chi connectivity index (χ0) is 27.8. The molecule has 2 bridgehead atoms. The Morgan fingerprint density at radius 3 is 2.30 bits per heavy atom. The lowest BCUT2D eigenvalue weighted by atomic mass is 9.66. The Morgan fingerprint density at radius 2 is 1.60 bits per heavy atom. The summed E-state index contributed by atoms with van der Waals surface area (Å²) >= 11 is 19.0. The molecule has 0 aliphatic carbocycles. The maximum atomic E-state index is 13.5. The van der Waals surface area contributed by atoms with Gasteiger partial charge in [0.05, 0.1) is 55.8 Å². The number of amides is 1. The van der Waals surface area contributed by atoms with Gasteiger partial charge in [-0.2, -0.15) is 0 Å². The normalized spacial score (nSPS) is 28.0. The molecule has 4 aliphatic rings. The van der Waals surface area contributed by atoms with Gasteiger partial charge in [0.15, 0.2) is 0 Å². The number of piperidine rings is 3. The second-order valence-electron chi connectivity index (χ2n) is 12.0. The summed E-state index contributed by atoms with van der Waals surface area (Å²) in [5.41, 5.74) is 3.12. The molecule has 0 radical (unpaired) electrons. The van der Waals surface area contributed by atoms with Gasteiger partial charge < -0.3 is 14.1 Å². The Morgan fingerprint density at radius 1 is 0.850 bits per heavy atom. The van der Waals surface area contributed by atoms with Gasteiger partial charge in [0.25, 0.3) is 0 Å². The van der Waals surface area contributed by atoms with Crippen molar-refractivity contribution >= 4 is 40.7 Å². The molecule has 40 heavy (non-hydrogen) atoms. The molecule has 3 aromatic carbocycles. The molecule has 4 nitrogen and oxygen atoms in total. The van der Waals surface area contributed by atoms with E-state index in [0.717, 1.165) is 28.6 Å². The van der Waals surface area contributed by atoms with Crippen LogP contribution in [0.4, 0.5) is 0 Å². The third-order valence-electron chi connectivity index (χ3n) is 9.80. The van der Waals surface area contributed by atoms with Crippen LogP contribution in [0.25, 0.3) is 0 Å². The fourth-order valence-corrected chi connectivity index (χ4v) is 7.73. The van der Waals surface area contributed by atoms with Crippen molar-refractivity contribution in [2.24, 2.45) is 0 Å². The van der Waals surface area contributed by atoms with E-state index in [1.165, 1.54) is 44.5 Å². The third-order valence-corrected chi connectivity index (χ3v) is 10.8. The monoisotopic (exact) mass is 597 g/mol. The van der Waals surface area contributed by atoms with Crippen molar-refractivity contribution in [3.63, 3.8) is 0 Å². The molecule has 7 rings (SSSR count). The molecule has 1 atom stereocenters. The first kappa shape index (κ1) is 28.1. The number of nitrogens with zero attached hydrogens (tertiary/aromatic N) is 2. The van der Waals surface area contributed by atoms with Crippen LogP contribution in [0.5, 0.6) is 0 Å². The van der Waals surface area contributed by atoms with Crippen LogP contribution < -0.4 is 0 Å². The molecule has 3 aromatic rings. The first-order valence-corrected chi connectivity index (χ1v) is 15.5. The molecular weight excluding hydrogens is 563 g/mol. The molecule has 1 unspecified atom stereocenters. The molecule has 4 aliphatic heterocycles. The van der Waals surface area contributed by atoms with Crippen LogP contribution in [0.1, 0.15) is 42.4 Å². The van der Waals surface area contributed by atoms with Gasteiger partial charge in [-0.25, -0.2) is 0 Å². The number of hydrogen-bond donors (Lipinski definition) is 0. The summed E-state index contributed by atoms with van der Waals surface area (Å²) in [6.45, 7) is 6.12. The smallest absolute Gasteiger partial charge is 0.227 e. The number of halogens is 3. The summed E-state index contributed by atoms with van der Waals surface area (Å²) in [4.78, 5) is 15.5. The summed E-state index contributed by atoms with van der Waals surface area (Å²) in [5.74, 6) is 0.0885. The van der Waals surface area contributed by atoms with E-state index in [2.05, 4.69) is 30.3 Å². The lowest BCUT2D eigenvalue weighted by molar-refractivity contribution is -0.944. The largest absolute Gasteiger partial charge is 0.366 e. The van der Waals surface area contributed by atoms with Gasteiger partial charge in [-0.3, -0.25) is 4.79 Å². The Hall–Kier alpha value is -2.08. The molecule has 210 valence electrons. The van der Waals surface area contributed by atoms with Crippen LogP contribution >= 0.6 is 34.8 Å². The molecule has 0 spiro atoms. The Balaban J connectivity index is 1.22. The van der Waals surface area contributed by atoms with Gasteiger partial charge in [-0.05, 0) is 41.0 Å². The van der Waals surface area contributed by atoms with E-state index in [-0.39, 0.29) is 5.91 Å². The second-order valence-corrected chi connectivity index (χ2v) is 13.2. The molecule has 7 heteroatoms. The van der Waals surface area contributed by atoms with Crippen molar-refractivity contribution in [1.82, 2.24) is 4.90 Å². The van der Waals surface area contributed by atoms with Crippen molar-refractivity contribution in [2.45, 2.75) is 43.1 Å². The van der Waals surface area contributed by atoms with Gasteiger partial charge in [-0.15, -0.1) is 0 Å². The molecule has 4 heterocycles. The van der Waals surface area contributed by atoms with Gasteiger partial charge >= 0.3 is 0 Å². The summed E-state index contributed by atoms with van der Waals surface area (Å²) in [6.07, 6.45) is 4.81. The van der Waals surface area contributed by atoms with Gasteiger partial charge in [-0.1, -0.05) is 83.3 Å². The third kappa shape index (κ3) is 5.54. The number of rotatable bonds is 7. The van der Waals surface area contributed by atoms with Gasteiger partial charge in [0.2, 0.25) is 5.91 Å². The van der Waals surface area contributed by atoms with Crippen LogP contribution in [0.15, 0.2) is 72.8 Å². The minimum Gasteiger partial charge on any atom is -0.366 e. The predicted octanol–water partition coefficient (Wildman–Crippen LogP) is 7.29. The Labute approximate surface area is 252 Å². The minimum atomic E-state index is -0.630. The molecule has 1 amide bonds. The van der Waals surface area contributed by atoms with E-state index >= 15 is 0 Å². The van der Waals surface area contributed by atoms with E-state index in [9.17, 15) is 4.79 Å². The van der Waals surface area contributed by atoms with Gasteiger partial charge in [0.1, 0.15) is 5.60 Å². The fraction of sp³-hybridized carbons (Fsp3) is 0.424. The molecule has 0 N–H and O–H groups in total. The fourth-order valence-electron chi connectivity index (χ4n) is 7.22. The summed E-state index contributed by atoms with van der Waals surface area (Å²) < 4.78 is 7.77. The molecule has 4 fully saturated rings. The molecule has 4 saturated heterocycles. The molecular formula is C33H36Cl3N2O2+. The van der Waals surface area contributed by atoms with Crippen molar-refractivity contribution in [3.8, 4) is 0 Å². The topological polar surface area (TPSA) is 29.5 Å².